The molecule has 1 aromatic rings. The lowest BCUT2D eigenvalue weighted by molar-refractivity contribution is -0.0442. The molecule has 2 N–H and O–H groups in total. The van der Waals surface area contributed by atoms with Crippen LogP contribution in [0.5, 0.6) is 0 Å². The van der Waals surface area contributed by atoms with Crippen molar-refractivity contribution in [2.45, 2.75) is 25.2 Å². The number of hydrogen-bond acceptors (Lipinski definition) is 4. The summed E-state index contributed by atoms with van der Waals surface area (Å²) in [5, 5.41) is 18.6. The van der Waals surface area contributed by atoms with Gasteiger partial charge in [0.05, 0.1) is 32.5 Å². The monoisotopic (exact) mass is 295 g/mol. The number of nitrogens with zero attached hydrogens (tertiary/aromatic N) is 1. The van der Waals surface area contributed by atoms with Crippen LogP contribution in [0.1, 0.15) is 12.0 Å². The summed E-state index contributed by atoms with van der Waals surface area (Å²) in [6, 6.07) is 9.73. The maximum Gasteiger partial charge on any atom is 0.407 e. The number of hydrogen-bond donors (Lipinski definition) is 2. The summed E-state index contributed by atoms with van der Waals surface area (Å²) in [6.45, 7) is 1.67. The van der Waals surface area contributed by atoms with Gasteiger partial charge in [0.2, 0.25) is 0 Å². The molecule has 0 bridgehead atoms. The van der Waals surface area contributed by atoms with E-state index in [2.05, 4.69) is 0 Å². The van der Waals surface area contributed by atoms with Crippen LogP contribution < -0.4 is 0 Å². The molecule has 6 nitrogen and oxygen atoms in total. The molecule has 116 valence electrons. The van der Waals surface area contributed by atoms with Crippen molar-refractivity contribution in [1.82, 2.24) is 4.90 Å². The molecule has 0 aromatic heterocycles. The summed E-state index contributed by atoms with van der Waals surface area (Å²) in [6.07, 6.45) is -1.09. The quantitative estimate of drug-likeness (QED) is 0.793. The molecule has 21 heavy (non-hydrogen) atoms. The Kier molecular flexibility index (Phi) is 5.98. The van der Waals surface area contributed by atoms with E-state index in [4.69, 9.17) is 14.6 Å². The van der Waals surface area contributed by atoms with Gasteiger partial charge in [0.1, 0.15) is 6.10 Å². The molecule has 1 aliphatic rings. The van der Waals surface area contributed by atoms with E-state index in [0.29, 0.717) is 26.1 Å². The first-order valence-electron chi connectivity index (χ1n) is 7.04. The first-order valence-corrected chi connectivity index (χ1v) is 7.04. The number of aliphatic hydroxyl groups is 1. The summed E-state index contributed by atoms with van der Waals surface area (Å²) in [5.41, 5.74) is 1.05. The van der Waals surface area contributed by atoms with E-state index in [9.17, 15) is 9.90 Å². The van der Waals surface area contributed by atoms with E-state index in [1.54, 1.807) is 0 Å². The summed E-state index contributed by atoms with van der Waals surface area (Å²) in [7, 11) is 0. The fraction of sp³-hybridized carbons (Fsp3) is 0.533. The number of ether oxygens (including phenoxy) is 2. The van der Waals surface area contributed by atoms with Crippen LogP contribution in [0.25, 0.3) is 0 Å². The molecule has 0 saturated carbocycles. The highest BCUT2D eigenvalue weighted by molar-refractivity contribution is 5.65. The fourth-order valence-corrected chi connectivity index (χ4v) is 2.22. The second-order valence-corrected chi connectivity index (χ2v) is 5.13. The molecule has 1 heterocycles. The molecule has 1 saturated heterocycles. The fourth-order valence-electron chi connectivity index (χ4n) is 2.22. The number of carboxylic acid groups (broad SMARTS) is 1. The zero-order valence-electron chi connectivity index (χ0n) is 11.9. The van der Waals surface area contributed by atoms with Gasteiger partial charge in [-0.1, -0.05) is 30.3 Å². The highest BCUT2D eigenvalue weighted by Gasteiger charge is 2.26. The maximum atomic E-state index is 10.8. The SMILES string of the molecule is O=C(O)N1CC[C@H](OC[C@H](O)COCc2ccccc2)C1. The van der Waals surface area contributed by atoms with Crippen LogP contribution in [0.4, 0.5) is 4.79 Å². The van der Waals surface area contributed by atoms with E-state index in [1.165, 1.54) is 4.90 Å². The molecular formula is C15H21NO5. The third-order valence-electron chi connectivity index (χ3n) is 3.36. The predicted octanol–water partition coefficient (Wildman–Crippen LogP) is 1.33. The summed E-state index contributed by atoms with van der Waals surface area (Å²) in [5.74, 6) is 0. The molecule has 1 amide bonds. The standard InChI is InChI=1S/C15H21NO5/c17-13(10-20-9-12-4-2-1-3-5-12)11-21-14-6-7-16(8-14)15(18)19/h1-5,13-14,17H,6-11H2,(H,18,19)/t13-,14+/m1/s1. The lowest BCUT2D eigenvalue weighted by Gasteiger charge is -2.16. The molecule has 2 rings (SSSR count). The third-order valence-corrected chi connectivity index (χ3v) is 3.36. The first kappa shape index (κ1) is 15.8. The topological polar surface area (TPSA) is 79.2 Å². The van der Waals surface area contributed by atoms with Crippen LogP contribution in [0.15, 0.2) is 30.3 Å². The molecule has 1 aromatic carbocycles. The van der Waals surface area contributed by atoms with Gasteiger partial charge in [-0.05, 0) is 12.0 Å². The number of benzene rings is 1. The number of aliphatic hydroxyl groups excluding tert-OH is 1. The lowest BCUT2D eigenvalue weighted by atomic mass is 10.2. The van der Waals surface area contributed by atoms with Gasteiger partial charge in [-0.15, -0.1) is 0 Å². The van der Waals surface area contributed by atoms with Gasteiger partial charge >= 0.3 is 6.09 Å². The Hall–Kier alpha value is -1.63. The van der Waals surface area contributed by atoms with Crippen LogP contribution in [0.3, 0.4) is 0 Å². The first-order chi connectivity index (χ1) is 10.1. The highest BCUT2D eigenvalue weighted by atomic mass is 16.5. The van der Waals surface area contributed by atoms with Gasteiger partial charge in [-0.25, -0.2) is 4.79 Å². The highest BCUT2D eigenvalue weighted by Crippen LogP contribution is 2.13. The summed E-state index contributed by atoms with van der Waals surface area (Å²) in [4.78, 5) is 12.1. The van der Waals surface area contributed by atoms with Crippen molar-refractivity contribution >= 4 is 6.09 Å². The van der Waals surface area contributed by atoms with Crippen LogP contribution in [0.2, 0.25) is 0 Å². The van der Waals surface area contributed by atoms with Crippen molar-refractivity contribution < 1.29 is 24.5 Å². The van der Waals surface area contributed by atoms with Gasteiger partial charge in [-0.2, -0.15) is 0 Å². The van der Waals surface area contributed by atoms with Gasteiger partial charge in [-0.3, -0.25) is 0 Å². The number of carbonyl (C=O) groups is 1. The van der Waals surface area contributed by atoms with E-state index in [0.717, 1.165) is 5.56 Å². The zero-order chi connectivity index (χ0) is 15.1. The smallest absolute Gasteiger partial charge is 0.407 e. The van der Waals surface area contributed by atoms with Gasteiger partial charge < -0.3 is 24.6 Å². The van der Waals surface area contributed by atoms with Crippen LogP contribution in [-0.2, 0) is 16.1 Å². The predicted molar refractivity (Wildman–Crippen MR) is 76.1 cm³/mol. The van der Waals surface area contributed by atoms with Crippen molar-refractivity contribution in [1.29, 1.82) is 0 Å². The van der Waals surface area contributed by atoms with Crippen LogP contribution >= 0.6 is 0 Å². The molecule has 6 heteroatoms. The Morgan fingerprint density at radius 1 is 1.33 bits per heavy atom. The average molecular weight is 295 g/mol. The molecule has 1 aliphatic heterocycles. The minimum absolute atomic E-state index is 0.134. The molecule has 0 aliphatic carbocycles. The molecule has 0 spiro atoms. The van der Waals surface area contributed by atoms with Crippen LogP contribution in [0, 0.1) is 0 Å². The normalized spacial score (nSPS) is 19.7. The Labute approximate surface area is 123 Å². The zero-order valence-corrected chi connectivity index (χ0v) is 11.9. The van der Waals surface area contributed by atoms with Crippen molar-refractivity contribution in [2.75, 3.05) is 26.3 Å². The van der Waals surface area contributed by atoms with Gasteiger partial charge in [0.15, 0.2) is 0 Å². The Balaban J connectivity index is 1.58. The second kappa shape index (κ2) is 7.97. The Morgan fingerprint density at radius 3 is 2.76 bits per heavy atom. The number of amides is 1. The number of rotatable bonds is 7. The minimum Gasteiger partial charge on any atom is -0.465 e. The van der Waals surface area contributed by atoms with E-state index in [-0.39, 0.29) is 19.3 Å². The lowest BCUT2D eigenvalue weighted by Crippen LogP contribution is -2.30. The second-order valence-electron chi connectivity index (χ2n) is 5.13. The maximum absolute atomic E-state index is 10.8. The third kappa shape index (κ3) is 5.34. The van der Waals surface area contributed by atoms with Crippen molar-refractivity contribution in [2.24, 2.45) is 0 Å². The molecule has 0 unspecified atom stereocenters. The molecule has 1 fully saturated rings. The Bertz CT molecular complexity index is 439. The van der Waals surface area contributed by atoms with Crippen molar-refractivity contribution in [3.05, 3.63) is 35.9 Å². The van der Waals surface area contributed by atoms with Crippen molar-refractivity contribution in [3.8, 4) is 0 Å². The van der Waals surface area contributed by atoms with Gasteiger partial charge in [0.25, 0.3) is 0 Å². The largest absolute Gasteiger partial charge is 0.465 e. The van der Waals surface area contributed by atoms with Crippen LogP contribution in [-0.4, -0.2) is 59.7 Å². The summed E-state index contributed by atoms with van der Waals surface area (Å²) >= 11 is 0. The van der Waals surface area contributed by atoms with E-state index in [1.807, 2.05) is 30.3 Å². The molecule has 0 radical (unpaired) electrons. The summed E-state index contributed by atoms with van der Waals surface area (Å²) < 4.78 is 10.9. The van der Waals surface area contributed by atoms with E-state index < -0.39 is 12.2 Å². The van der Waals surface area contributed by atoms with E-state index >= 15 is 0 Å². The molecular weight excluding hydrogens is 274 g/mol. The molecule has 2 atom stereocenters. The minimum atomic E-state index is -0.923. The number of likely N-dealkylation sites (tertiary alicyclic amines) is 1. The Morgan fingerprint density at radius 2 is 2.10 bits per heavy atom. The van der Waals surface area contributed by atoms with Crippen molar-refractivity contribution in [3.63, 3.8) is 0 Å². The average Bonchev–Trinajstić information content (AvgIpc) is 2.95. The van der Waals surface area contributed by atoms with Gasteiger partial charge in [0, 0.05) is 6.54 Å².